The molecule has 1 rings (SSSR count). The van der Waals surface area contributed by atoms with Crippen molar-refractivity contribution in [1.29, 1.82) is 0 Å². The van der Waals surface area contributed by atoms with Crippen molar-refractivity contribution in [1.82, 2.24) is 4.90 Å². The predicted octanol–water partition coefficient (Wildman–Crippen LogP) is -0.410. The molecule has 7 nitrogen and oxygen atoms in total. The summed E-state index contributed by atoms with van der Waals surface area (Å²) in [6.07, 6.45) is 0.821. The number of carbonyl (C=O) groups excluding carboxylic acids is 2. The van der Waals surface area contributed by atoms with Crippen molar-refractivity contribution in [3.63, 3.8) is 0 Å². The number of amides is 2. The lowest BCUT2D eigenvalue weighted by atomic mass is 10.1. The van der Waals surface area contributed by atoms with E-state index in [1.807, 2.05) is 6.92 Å². The first-order valence-electron chi connectivity index (χ1n) is 5.77. The highest BCUT2D eigenvalue weighted by atomic mass is 16.5. The van der Waals surface area contributed by atoms with Crippen molar-refractivity contribution in [2.75, 3.05) is 19.8 Å². The molecule has 18 heavy (non-hydrogen) atoms. The van der Waals surface area contributed by atoms with Gasteiger partial charge in [0.25, 0.3) is 5.97 Å². The SMILES string of the molecule is CC(=O)O.CCOCCN1C(=O)CCC(N)C1=O. The summed E-state index contributed by atoms with van der Waals surface area (Å²) in [5, 5.41) is 7.42. The average molecular weight is 260 g/mol. The second kappa shape index (κ2) is 8.60. The molecular formula is C11H20N2O5. The van der Waals surface area contributed by atoms with Crippen LogP contribution in [0.4, 0.5) is 0 Å². The van der Waals surface area contributed by atoms with Crippen molar-refractivity contribution in [2.24, 2.45) is 5.73 Å². The Labute approximate surface area is 106 Å². The molecule has 0 radical (unpaired) electrons. The highest BCUT2D eigenvalue weighted by molar-refractivity contribution is 6.00. The number of likely N-dealkylation sites (tertiary alicyclic amines) is 1. The Kier molecular flexibility index (Phi) is 7.89. The van der Waals surface area contributed by atoms with Gasteiger partial charge in [-0.25, -0.2) is 0 Å². The van der Waals surface area contributed by atoms with Crippen molar-refractivity contribution >= 4 is 17.8 Å². The van der Waals surface area contributed by atoms with Gasteiger partial charge in [-0.3, -0.25) is 19.3 Å². The lowest BCUT2D eigenvalue weighted by Crippen LogP contribution is -2.52. The molecule has 2 amide bonds. The molecule has 0 aromatic rings. The first-order chi connectivity index (χ1) is 8.40. The van der Waals surface area contributed by atoms with Gasteiger partial charge in [0.2, 0.25) is 11.8 Å². The minimum Gasteiger partial charge on any atom is -0.481 e. The smallest absolute Gasteiger partial charge is 0.300 e. The van der Waals surface area contributed by atoms with E-state index in [-0.39, 0.29) is 11.8 Å². The van der Waals surface area contributed by atoms with Crippen LogP contribution in [-0.2, 0) is 19.1 Å². The zero-order chi connectivity index (χ0) is 14.1. The third kappa shape index (κ3) is 6.31. The lowest BCUT2D eigenvalue weighted by molar-refractivity contribution is -0.150. The molecule has 104 valence electrons. The second-order valence-electron chi connectivity index (χ2n) is 3.74. The Morgan fingerprint density at radius 3 is 2.61 bits per heavy atom. The van der Waals surface area contributed by atoms with Crippen LogP contribution in [0.1, 0.15) is 26.7 Å². The number of imide groups is 1. The molecule has 0 aromatic carbocycles. The quantitative estimate of drug-likeness (QED) is 0.525. The molecule has 3 N–H and O–H groups in total. The summed E-state index contributed by atoms with van der Waals surface area (Å²) in [5.41, 5.74) is 5.55. The van der Waals surface area contributed by atoms with Crippen LogP contribution < -0.4 is 5.73 Å². The van der Waals surface area contributed by atoms with Gasteiger partial charge in [-0.05, 0) is 13.3 Å². The molecule has 1 atom stereocenters. The van der Waals surface area contributed by atoms with Crippen molar-refractivity contribution < 1.29 is 24.2 Å². The monoisotopic (exact) mass is 260 g/mol. The van der Waals surface area contributed by atoms with E-state index < -0.39 is 12.0 Å². The second-order valence-corrected chi connectivity index (χ2v) is 3.74. The summed E-state index contributed by atoms with van der Waals surface area (Å²) in [5.74, 6) is -1.25. The molecule has 0 aromatic heterocycles. The Balaban J connectivity index is 0.000000631. The van der Waals surface area contributed by atoms with Gasteiger partial charge in [0.1, 0.15) is 0 Å². The number of nitrogens with zero attached hydrogens (tertiary/aromatic N) is 1. The van der Waals surface area contributed by atoms with Crippen LogP contribution >= 0.6 is 0 Å². The minimum atomic E-state index is -0.833. The van der Waals surface area contributed by atoms with Crippen LogP contribution in [0.3, 0.4) is 0 Å². The number of nitrogens with two attached hydrogens (primary N) is 1. The van der Waals surface area contributed by atoms with Gasteiger partial charge >= 0.3 is 0 Å². The molecule has 0 saturated carbocycles. The van der Waals surface area contributed by atoms with Gasteiger partial charge in [-0.2, -0.15) is 0 Å². The molecule has 1 unspecified atom stereocenters. The Morgan fingerprint density at radius 1 is 1.56 bits per heavy atom. The molecular weight excluding hydrogens is 240 g/mol. The topological polar surface area (TPSA) is 110 Å². The highest BCUT2D eigenvalue weighted by Crippen LogP contribution is 2.10. The minimum absolute atomic E-state index is 0.142. The summed E-state index contributed by atoms with van der Waals surface area (Å²) in [6, 6.07) is -0.519. The van der Waals surface area contributed by atoms with Crippen LogP contribution in [0, 0.1) is 0 Å². The van der Waals surface area contributed by atoms with E-state index in [9.17, 15) is 9.59 Å². The first kappa shape index (κ1) is 16.5. The third-order valence-electron chi connectivity index (χ3n) is 2.22. The van der Waals surface area contributed by atoms with Gasteiger partial charge in [0.15, 0.2) is 0 Å². The number of piperidine rings is 1. The van der Waals surface area contributed by atoms with E-state index in [1.165, 1.54) is 4.90 Å². The summed E-state index contributed by atoms with van der Waals surface area (Å²) >= 11 is 0. The number of rotatable bonds is 4. The number of carboxylic acids is 1. The van der Waals surface area contributed by atoms with E-state index in [1.54, 1.807) is 0 Å². The molecule has 1 aliphatic heterocycles. The molecule has 1 aliphatic rings. The largest absolute Gasteiger partial charge is 0.481 e. The maximum Gasteiger partial charge on any atom is 0.300 e. The van der Waals surface area contributed by atoms with Gasteiger partial charge in [-0.15, -0.1) is 0 Å². The maximum absolute atomic E-state index is 11.5. The summed E-state index contributed by atoms with van der Waals surface area (Å²) in [4.78, 5) is 33.0. The number of carboxylic acid groups (broad SMARTS) is 1. The number of ether oxygens (including phenoxy) is 1. The van der Waals surface area contributed by atoms with Gasteiger partial charge in [0, 0.05) is 20.0 Å². The Morgan fingerprint density at radius 2 is 2.11 bits per heavy atom. The average Bonchev–Trinajstić information content (AvgIpc) is 2.28. The highest BCUT2D eigenvalue weighted by Gasteiger charge is 2.31. The van der Waals surface area contributed by atoms with Gasteiger partial charge in [-0.1, -0.05) is 0 Å². The number of aliphatic carboxylic acids is 1. The molecule has 1 heterocycles. The van der Waals surface area contributed by atoms with E-state index in [0.717, 1.165) is 6.92 Å². The molecule has 1 saturated heterocycles. The molecule has 0 aliphatic carbocycles. The number of hydrogen-bond donors (Lipinski definition) is 2. The normalized spacial score (nSPS) is 19.3. The Bertz CT molecular complexity index is 302. The van der Waals surface area contributed by atoms with Crippen molar-refractivity contribution in [3.05, 3.63) is 0 Å². The van der Waals surface area contributed by atoms with Crippen LogP contribution in [-0.4, -0.2) is 53.6 Å². The molecule has 0 spiro atoms. The zero-order valence-electron chi connectivity index (χ0n) is 10.7. The molecule has 0 bridgehead atoms. The van der Waals surface area contributed by atoms with Crippen molar-refractivity contribution in [2.45, 2.75) is 32.7 Å². The molecule has 1 fully saturated rings. The van der Waals surface area contributed by atoms with E-state index in [0.29, 0.717) is 32.6 Å². The summed E-state index contributed by atoms with van der Waals surface area (Å²) < 4.78 is 5.08. The lowest BCUT2D eigenvalue weighted by Gasteiger charge is -2.28. The fourth-order valence-electron chi connectivity index (χ4n) is 1.40. The maximum atomic E-state index is 11.5. The summed E-state index contributed by atoms with van der Waals surface area (Å²) in [6.45, 7) is 4.24. The van der Waals surface area contributed by atoms with Crippen LogP contribution in [0.5, 0.6) is 0 Å². The predicted molar refractivity (Wildman–Crippen MR) is 63.7 cm³/mol. The first-order valence-corrected chi connectivity index (χ1v) is 5.77. The number of hydrogen-bond acceptors (Lipinski definition) is 5. The van der Waals surface area contributed by atoms with Gasteiger partial charge < -0.3 is 15.6 Å². The zero-order valence-corrected chi connectivity index (χ0v) is 10.7. The Hall–Kier alpha value is -1.47. The fourth-order valence-corrected chi connectivity index (χ4v) is 1.40. The van der Waals surface area contributed by atoms with Gasteiger partial charge in [0.05, 0.1) is 19.2 Å². The van der Waals surface area contributed by atoms with E-state index in [2.05, 4.69) is 0 Å². The fraction of sp³-hybridized carbons (Fsp3) is 0.727. The number of carbonyl (C=O) groups is 3. The van der Waals surface area contributed by atoms with Crippen molar-refractivity contribution in [3.8, 4) is 0 Å². The van der Waals surface area contributed by atoms with Crippen LogP contribution in [0.15, 0.2) is 0 Å². The van der Waals surface area contributed by atoms with Crippen LogP contribution in [0.25, 0.3) is 0 Å². The standard InChI is InChI=1S/C9H16N2O3.C2H4O2/c1-2-14-6-5-11-8(12)4-3-7(10)9(11)13;1-2(3)4/h7H,2-6,10H2,1H3;1H3,(H,3,4). The third-order valence-corrected chi connectivity index (χ3v) is 2.22. The summed E-state index contributed by atoms with van der Waals surface area (Å²) in [7, 11) is 0. The van der Waals surface area contributed by atoms with E-state index >= 15 is 0 Å². The van der Waals surface area contributed by atoms with E-state index in [4.69, 9.17) is 20.4 Å². The van der Waals surface area contributed by atoms with Crippen LogP contribution in [0.2, 0.25) is 0 Å². The molecule has 7 heteroatoms.